The Hall–Kier alpha value is -1.12. The summed E-state index contributed by atoms with van der Waals surface area (Å²) >= 11 is 0. The Kier molecular flexibility index (Phi) is 4.23. The smallest absolute Gasteiger partial charge is 0.134 e. The van der Waals surface area contributed by atoms with Crippen LogP contribution in [0.15, 0.2) is 0 Å². The van der Waals surface area contributed by atoms with Crippen molar-refractivity contribution in [1.29, 1.82) is 0 Å². The van der Waals surface area contributed by atoms with Gasteiger partial charge in [0, 0.05) is 24.2 Å². The number of nitrogens with zero attached hydrogens (tertiary/aromatic N) is 2. The zero-order valence-corrected chi connectivity index (χ0v) is 12.9. The van der Waals surface area contributed by atoms with Crippen molar-refractivity contribution in [2.24, 2.45) is 5.92 Å². The fourth-order valence-corrected chi connectivity index (χ4v) is 3.90. The van der Waals surface area contributed by atoms with Crippen LogP contribution in [0.1, 0.15) is 74.9 Å². The van der Waals surface area contributed by atoms with Crippen molar-refractivity contribution in [1.82, 2.24) is 9.97 Å². The number of hydrogen-bond acceptors (Lipinski definition) is 3. The molecule has 110 valence electrons. The molecule has 2 aliphatic carbocycles. The van der Waals surface area contributed by atoms with Crippen LogP contribution in [0.3, 0.4) is 0 Å². The molecule has 1 N–H and O–H groups in total. The van der Waals surface area contributed by atoms with Crippen LogP contribution in [0.25, 0.3) is 0 Å². The van der Waals surface area contributed by atoms with Crippen molar-refractivity contribution >= 4 is 5.82 Å². The van der Waals surface area contributed by atoms with E-state index >= 15 is 0 Å². The molecular formula is C17H27N3. The maximum atomic E-state index is 4.96. The van der Waals surface area contributed by atoms with E-state index in [9.17, 15) is 0 Å². The second kappa shape index (κ2) is 6.11. The number of rotatable bonds is 3. The Labute approximate surface area is 122 Å². The largest absolute Gasteiger partial charge is 0.373 e. The van der Waals surface area contributed by atoms with Gasteiger partial charge in [-0.3, -0.25) is 0 Å². The Morgan fingerprint density at radius 1 is 1.10 bits per heavy atom. The van der Waals surface area contributed by atoms with Crippen LogP contribution in [-0.4, -0.2) is 17.0 Å². The molecule has 20 heavy (non-hydrogen) atoms. The first-order valence-electron chi connectivity index (χ1n) is 8.39. The topological polar surface area (TPSA) is 37.8 Å². The van der Waals surface area contributed by atoms with E-state index in [2.05, 4.69) is 12.2 Å². The lowest BCUT2D eigenvalue weighted by atomic mass is 9.79. The normalized spacial score (nSPS) is 26.1. The Morgan fingerprint density at radius 2 is 1.95 bits per heavy atom. The van der Waals surface area contributed by atoms with Gasteiger partial charge in [-0.1, -0.05) is 26.2 Å². The predicted molar refractivity (Wildman–Crippen MR) is 83.2 cm³/mol. The molecule has 0 radical (unpaired) electrons. The van der Waals surface area contributed by atoms with Crippen LogP contribution in [0.5, 0.6) is 0 Å². The molecule has 1 fully saturated rings. The molecule has 0 saturated heterocycles. The molecule has 2 unspecified atom stereocenters. The summed E-state index contributed by atoms with van der Waals surface area (Å²) in [6.45, 7) is 2.32. The van der Waals surface area contributed by atoms with Gasteiger partial charge in [-0.2, -0.15) is 0 Å². The molecule has 3 rings (SSSR count). The van der Waals surface area contributed by atoms with E-state index in [1.165, 1.54) is 56.2 Å². The van der Waals surface area contributed by atoms with Crippen LogP contribution >= 0.6 is 0 Å². The molecule has 1 aromatic heterocycles. The summed E-state index contributed by atoms with van der Waals surface area (Å²) in [5.74, 6) is 3.69. The summed E-state index contributed by atoms with van der Waals surface area (Å²) in [5.41, 5.74) is 2.70. The highest BCUT2D eigenvalue weighted by Crippen LogP contribution is 2.37. The van der Waals surface area contributed by atoms with Gasteiger partial charge in [0.25, 0.3) is 0 Å². The predicted octanol–water partition coefficient (Wildman–Crippen LogP) is 4.08. The Morgan fingerprint density at radius 3 is 2.75 bits per heavy atom. The number of anilines is 1. The molecular weight excluding hydrogens is 246 g/mol. The van der Waals surface area contributed by atoms with Crippen LogP contribution < -0.4 is 5.32 Å². The number of nitrogens with one attached hydrogen (secondary N) is 1. The highest BCUT2D eigenvalue weighted by Gasteiger charge is 2.26. The lowest BCUT2D eigenvalue weighted by Gasteiger charge is -2.29. The van der Waals surface area contributed by atoms with Gasteiger partial charge in [0.2, 0.25) is 0 Å². The van der Waals surface area contributed by atoms with Gasteiger partial charge in [-0.25, -0.2) is 9.97 Å². The van der Waals surface area contributed by atoms with Crippen molar-refractivity contribution in [3.8, 4) is 0 Å². The quantitative estimate of drug-likeness (QED) is 0.901. The fourth-order valence-electron chi connectivity index (χ4n) is 3.90. The first-order chi connectivity index (χ1) is 9.81. The minimum absolute atomic E-state index is 0.591. The average Bonchev–Trinajstić information content (AvgIpc) is 2.53. The second-order valence-corrected chi connectivity index (χ2v) is 6.45. The van der Waals surface area contributed by atoms with E-state index in [0.29, 0.717) is 5.92 Å². The van der Waals surface area contributed by atoms with Crippen molar-refractivity contribution in [3.05, 3.63) is 17.1 Å². The van der Waals surface area contributed by atoms with Gasteiger partial charge in [-0.15, -0.1) is 0 Å². The zero-order chi connectivity index (χ0) is 13.9. The van der Waals surface area contributed by atoms with Gasteiger partial charge < -0.3 is 5.32 Å². The molecule has 0 amide bonds. The molecule has 2 atom stereocenters. The third-order valence-corrected chi connectivity index (χ3v) is 5.16. The fraction of sp³-hybridized carbons (Fsp3) is 0.765. The lowest BCUT2D eigenvalue weighted by Crippen LogP contribution is -2.19. The van der Waals surface area contributed by atoms with Crippen molar-refractivity contribution < 1.29 is 0 Å². The van der Waals surface area contributed by atoms with Crippen LogP contribution in [0.2, 0.25) is 0 Å². The Bertz CT molecular complexity index is 452. The molecule has 0 bridgehead atoms. The summed E-state index contributed by atoms with van der Waals surface area (Å²) in [6.07, 6.45) is 11.5. The monoisotopic (exact) mass is 273 g/mol. The van der Waals surface area contributed by atoms with Crippen LogP contribution in [0, 0.1) is 5.92 Å². The summed E-state index contributed by atoms with van der Waals surface area (Å²) in [4.78, 5) is 9.84. The summed E-state index contributed by atoms with van der Waals surface area (Å²) in [7, 11) is 2.00. The molecule has 2 aliphatic rings. The molecule has 0 spiro atoms. The lowest BCUT2D eigenvalue weighted by molar-refractivity contribution is 0.306. The van der Waals surface area contributed by atoms with Gasteiger partial charge in [0.05, 0.1) is 0 Å². The van der Waals surface area contributed by atoms with Crippen molar-refractivity contribution in [3.63, 3.8) is 0 Å². The zero-order valence-electron chi connectivity index (χ0n) is 12.9. The minimum atomic E-state index is 0.591. The second-order valence-electron chi connectivity index (χ2n) is 6.45. The molecule has 1 saturated carbocycles. The molecule has 0 aliphatic heterocycles. The maximum Gasteiger partial charge on any atom is 0.134 e. The first-order valence-corrected chi connectivity index (χ1v) is 8.39. The Balaban J connectivity index is 1.89. The third-order valence-electron chi connectivity index (χ3n) is 5.16. The average molecular weight is 273 g/mol. The van der Waals surface area contributed by atoms with E-state index in [1.807, 2.05) is 7.05 Å². The van der Waals surface area contributed by atoms with Gasteiger partial charge in [-0.05, 0) is 44.4 Å². The molecule has 0 aromatic carbocycles. The van der Waals surface area contributed by atoms with Gasteiger partial charge in [0.1, 0.15) is 11.6 Å². The molecule has 1 heterocycles. The van der Waals surface area contributed by atoms with Gasteiger partial charge >= 0.3 is 0 Å². The van der Waals surface area contributed by atoms with Crippen molar-refractivity contribution in [2.75, 3.05) is 12.4 Å². The van der Waals surface area contributed by atoms with E-state index < -0.39 is 0 Å². The van der Waals surface area contributed by atoms with Crippen LogP contribution in [-0.2, 0) is 12.8 Å². The summed E-state index contributed by atoms with van der Waals surface area (Å²) in [5, 5.41) is 3.31. The van der Waals surface area contributed by atoms with Crippen LogP contribution in [0.4, 0.5) is 5.82 Å². The standard InChI is InChI=1S/C17H27N3/c1-3-12-7-6-8-13(11-12)16-19-15-10-5-4-9-14(15)17(18-2)20-16/h12-13H,3-11H2,1-2H3,(H,18,19,20). The van der Waals surface area contributed by atoms with Gasteiger partial charge in [0.15, 0.2) is 0 Å². The first kappa shape index (κ1) is 13.8. The number of fused-ring (bicyclic) bond motifs is 1. The molecule has 1 aromatic rings. The number of aromatic nitrogens is 2. The maximum absolute atomic E-state index is 4.96. The van der Waals surface area contributed by atoms with Crippen molar-refractivity contribution in [2.45, 2.75) is 70.6 Å². The number of aryl methyl sites for hydroxylation is 1. The van der Waals surface area contributed by atoms with E-state index in [0.717, 1.165) is 30.4 Å². The third kappa shape index (κ3) is 2.68. The van der Waals surface area contributed by atoms with E-state index in [1.54, 1.807) is 0 Å². The summed E-state index contributed by atoms with van der Waals surface area (Å²) < 4.78 is 0. The molecule has 3 heteroatoms. The highest BCUT2D eigenvalue weighted by atomic mass is 15.0. The van der Waals surface area contributed by atoms with E-state index in [4.69, 9.17) is 9.97 Å². The minimum Gasteiger partial charge on any atom is -0.373 e. The summed E-state index contributed by atoms with van der Waals surface area (Å²) in [6, 6.07) is 0. The number of hydrogen-bond donors (Lipinski definition) is 1. The molecule has 3 nitrogen and oxygen atoms in total. The SMILES string of the molecule is CCC1CCCC(c2nc3c(c(NC)n2)CCCC3)C1. The highest BCUT2D eigenvalue weighted by molar-refractivity contribution is 5.47. The van der Waals surface area contributed by atoms with E-state index in [-0.39, 0.29) is 0 Å².